The van der Waals surface area contributed by atoms with E-state index in [-0.39, 0.29) is 11.9 Å². The second-order valence-electron chi connectivity index (χ2n) is 5.58. The summed E-state index contributed by atoms with van der Waals surface area (Å²) in [6.45, 7) is 1.70. The predicted octanol–water partition coefficient (Wildman–Crippen LogP) is 1.96. The molecule has 1 amide bonds. The molecule has 1 aromatic heterocycles. The van der Waals surface area contributed by atoms with Crippen LogP contribution in [0.15, 0.2) is 11.4 Å². The second kappa shape index (κ2) is 5.13. The normalized spacial score (nSPS) is 30.2. The molecule has 0 spiro atoms. The number of ether oxygens (including phenoxy) is 1. The van der Waals surface area contributed by atoms with E-state index in [0.29, 0.717) is 11.8 Å². The molecule has 104 valence electrons. The van der Waals surface area contributed by atoms with Crippen LogP contribution >= 0.6 is 11.3 Å². The Hall–Kier alpha value is -1.07. The molecule has 19 heavy (non-hydrogen) atoms. The Kier molecular flexibility index (Phi) is 3.50. The fourth-order valence-corrected chi connectivity index (χ4v) is 4.20. The zero-order chi connectivity index (χ0) is 13.4. The summed E-state index contributed by atoms with van der Waals surface area (Å²) in [6.07, 6.45) is 3.53. The third-order valence-electron chi connectivity index (χ3n) is 4.46. The third kappa shape index (κ3) is 2.37. The Morgan fingerprint density at radius 1 is 1.47 bits per heavy atom. The number of methoxy groups -OCH3 is 1. The van der Waals surface area contributed by atoms with Crippen LogP contribution in [0.2, 0.25) is 0 Å². The number of carbonyl (C=O) groups is 1. The molecule has 1 aliphatic heterocycles. The lowest BCUT2D eigenvalue weighted by Crippen LogP contribution is -2.38. The Bertz CT molecular complexity index is 474. The van der Waals surface area contributed by atoms with Gasteiger partial charge in [0.25, 0.3) is 5.91 Å². The van der Waals surface area contributed by atoms with E-state index in [1.165, 1.54) is 24.2 Å². The molecule has 4 nitrogen and oxygen atoms in total. The average molecular weight is 280 g/mol. The first-order valence-corrected chi connectivity index (χ1v) is 7.74. The van der Waals surface area contributed by atoms with Gasteiger partial charge in [-0.1, -0.05) is 6.42 Å². The molecule has 5 heteroatoms. The van der Waals surface area contributed by atoms with Gasteiger partial charge < -0.3 is 15.4 Å². The van der Waals surface area contributed by atoms with Crippen molar-refractivity contribution in [2.45, 2.75) is 25.3 Å². The maximum absolute atomic E-state index is 12.5. The highest BCUT2D eigenvalue weighted by atomic mass is 32.1. The van der Waals surface area contributed by atoms with Crippen LogP contribution in [0.5, 0.6) is 5.75 Å². The number of hydrogen-bond acceptors (Lipinski definition) is 4. The fourth-order valence-electron chi connectivity index (χ4n) is 3.38. The van der Waals surface area contributed by atoms with Crippen LogP contribution in [0.1, 0.15) is 28.9 Å². The molecule has 2 fully saturated rings. The van der Waals surface area contributed by atoms with E-state index < -0.39 is 0 Å². The van der Waals surface area contributed by atoms with Crippen LogP contribution in [-0.2, 0) is 0 Å². The van der Waals surface area contributed by atoms with E-state index in [4.69, 9.17) is 10.5 Å². The molecule has 0 radical (unpaired) electrons. The van der Waals surface area contributed by atoms with E-state index in [9.17, 15) is 4.79 Å². The summed E-state index contributed by atoms with van der Waals surface area (Å²) in [5.41, 5.74) is 6.19. The van der Waals surface area contributed by atoms with Gasteiger partial charge in [-0.15, -0.1) is 11.3 Å². The molecule has 3 atom stereocenters. The molecule has 0 bridgehead atoms. The van der Waals surface area contributed by atoms with Crippen molar-refractivity contribution < 1.29 is 9.53 Å². The summed E-state index contributed by atoms with van der Waals surface area (Å²) >= 11 is 1.46. The molecule has 3 unspecified atom stereocenters. The van der Waals surface area contributed by atoms with Gasteiger partial charge in [0.05, 0.1) is 12.0 Å². The van der Waals surface area contributed by atoms with E-state index in [1.807, 2.05) is 16.3 Å². The summed E-state index contributed by atoms with van der Waals surface area (Å²) < 4.78 is 5.14. The summed E-state index contributed by atoms with van der Waals surface area (Å²) in [5.74, 6) is 2.01. The monoisotopic (exact) mass is 280 g/mol. The predicted molar refractivity (Wildman–Crippen MR) is 75.6 cm³/mol. The Labute approximate surface area is 117 Å². The zero-order valence-corrected chi connectivity index (χ0v) is 12.0. The molecule has 1 saturated carbocycles. The molecule has 1 aliphatic carbocycles. The van der Waals surface area contributed by atoms with Crippen molar-refractivity contribution in [1.82, 2.24) is 4.90 Å². The Morgan fingerprint density at radius 3 is 3.00 bits per heavy atom. The highest BCUT2D eigenvalue weighted by Crippen LogP contribution is 2.36. The van der Waals surface area contributed by atoms with Crippen molar-refractivity contribution in [3.63, 3.8) is 0 Å². The number of nitrogens with zero attached hydrogens (tertiary/aromatic N) is 1. The molecule has 1 aromatic rings. The van der Waals surface area contributed by atoms with Crippen molar-refractivity contribution in [3.8, 4) is 5.75 Å². The molecule has 0 aromatic carbocycles. The topological polar surface area (TPSA) is 55.6 Å². The first-order chi connectivity index (χ1) is 9.19. The molecular weight excluding hydrogens is 260 g/mol. The minimum Gasteiger partial charge on any atom is -0.496 e. The lowest BCUT2D eigenvalue weighted by Gasteiger charge is -2.29. The first kappa shape index (κ1) is 12.9. The third-order valence-corrected chi connectivity index (χ3v) is 5.36. The number of hydrogen-bond donors (Lipinski definition) is 1. The molecule has 1 saturated heterocycles. The number of carbonyl (C=O) groups excluding carboxylic acids is 1. The van der Waals surface area contributed by atoms with Crippen LogP contribution in [0, 0.1) is 11.8 Å². The maximum atomic E-state index is 12.5. The average Bonchev–Trinajstić information content (AvgIpc) is 3.05. The molecule has 2 N–H and O–H groups in total. The van der Waals surface area contributed by atoms with Gasteiger partial charge in [0.1, 0.15) is 5.75 Å². The van der Waals surface area contributed by atoms with Gasteiger partial charge in [-0.3, -0.25) is 4.79 Å². The number of fused-ring (bicyclic) bond motifs is 1. The lowest BCUT2D eigenvalue weighted by atomic mass is 9.78. The van der Waals surface area contributed by atoms with Crippen LogP contribution in [0.4, 0.5) is 0 Å². The van der Waals surface area contributed by atoms with Crippen molar-refractivity contribution in [2.24, 2.45) is 17.6 Å². The van der Waals surface area contributed by atoms with Crippen molar-refractivity contribution in [3.05, 3.63) is 16.3 Å². The highest BCUT2D eigenvalue weighted by molar-refractivity contribution is 7.12. The van der Waals surface area contributed by atoms with Gasteiger partial charge in [0.15, 0.2) is 0 Å². The smallest absolute Gasteiger partial charge is 0.264 e. The van der Waals surface area contributed by atoms with Crippen LogP contribution in [0.25, 0.3) is 0 Å². The summed E-state index contributed by atoms with van der Waals surface area (Å²) in [4.78, 5) is 15.2. The molecule has 2 aliphatic rings. The SMILES string of the molecule is COc1csc(C(=O)N2CC3CCCC(N)C3C2)c1. The van der Waals surface area contributed by atoms with Gasteiger partial charge in [-0.2, -0.15) is 0 Å². The minimum absolute atomic E-state index is 0.134. The van der Waals surface area contributed by atoms with E-state index >= 15 is 0 Å². The van der Waals surface area contributed by atoms with Gasteiger partial charge in [-0.05, 0) is 24.7 Å². The van der Waals surface area contributed by atoms with E-state index in [0.717, 1.165) is 30.1 Å². The quantitative estimate of drug-likeness (QED) is 0.901. The van der Waals surface area contributed by atoms with Gasteiger partial charge >= 0.3 is 0 Å². The summed E-state index contributed by atoms with van der Waals surface area (Å²) in [6, 6.07) is 2.10. The zero-order valence-electron chi connectivity index (χ0n) is 11.2. The van der Waals surface area contributed by atoms with Crippen molar-refractivity contribution >= 4 is 17.2 Å². The van der Waals surface area contributed by atoms with Gasteiger partial charge in [0, 0.05) is 30.6 Å². The van der Waals surface area contributed by atoms with E-state index in [2.05, 4.69) is 0 Å². The number of nitrogens with two attached hydrogens (primary N) is 1. The first-order valence-electron chi connectivity index (χ1n) is 6.86. The van der Waals surface area contributed by atoms with Gasteiger partial charge in [-0.25, -0.2) is 0 Å². The largest absolute Gasteiger partial charge is 0.496 e. The number of rotatable bonds is 2. The van der Waals surface area contributed by atoms with Crippen LogP contribution in [-0.4, -0.2) is 37.0 Å². The summed E-state index contributed by atoms with van der Waals surface area (Å²) in [5, 5.41) is 1.88. The van der Waals surface area contributed by atoms with Crippen LogP contribution in [0.3, 0.4) is 0 Å². The minimum atomic E-state index is 0.134. The van der Waals surface area contributed by atoms with Crippen molar-refractivity contribution in [1.29, 1.82) is 0 Å². The standard InChI is InChI=1S/C14H20N2O2S/c1-18-10-5-13(19-8-10)14(17)16-6-9-3-2-4-12(15)11(9)7-16/h5,8-9,11-12H,2-4,6-7,15H2,1H3. The molecule has 2 heterocycles. The highest BCUT2D eigenvalue weighted by Gasteiger charge is 2.40. The number of amides is 1. The molecular formula is C14H20N2O2S. The van der Waals surface area contributed by atoms with Crippen LogP contribution < -0.4 is 10.5 Å². The van der Waals surface area contributed by atoms with E-state index in [1.54, 1.807) is 7.11 Å². The lowest BCUT2D eigenvalue weighted by molar-refractivity contribution is 0.0788. The Morgan fingerprint density at radius 2 is 2.32 bits per heavy atom. The van der Waals surface area contributed by atoms with Gasteiger partial charge in [0.2, 0.25) is 0 Å². The second-order valence-corrected chi connectivity index (χ2v) is 6.49. The van der Waals surface area contributed by atoms with Crippen molar-refractivity contribution in [2.75, 3.05) is 20.2 Å². The molecule has 3 rings (SSSR count). The maximum Gasteiger partial charge on any atom is 0.264 e. The summed E-state index contributed by atoms with van der Waals surface area (Å²) in [7, 11) is 1.62. The fraction of sp³-hybridized carbons (Fsp3) is 0.643. The number of thiophene rings is 1. The number of likely N-dealkylation sites (tertiary alicyclic amines) is 1. The Balaban J connectivity index is 1.71.